The molecule has 1 aromatic heterocycles. The summed E-state index contributed by atoms with van der Waals surface area (Å²) in [6.07, 6.45) is -2.95. The van der Waals surface area contributed by atoms with Crippen LogP contribution < -0.4 is 11.5 Å². The zero-order chi connectivity index (χ0) is 11.8. The number of alkyl halides is 2. The minimum Gasteiger partial charge on any atom is -0.395 e. The fraction of sp³-hybridized carbons (Fsp3) is 0.167. The minimum atomic E-state index is -4.22. The molecule has 0 unspecified atom stereocenters. The largest absolute Gasteiger partial charge is 0.395 e. The van der Waals surface area contributed by atoms with E-state index in [1.807, 2.05) is 0 Å². The molecule has 1 heterocycles. The lowest BCUT2D eigenvalue weighted by molar-refractivity contribution is 0.146. The van der Waals surface area contributed by atoms with E-state index in [-0.39, 0.29) is 0 Å². The Labute approximate surface area is 88.5 Å². The fourth-order valence-corrected chi connectivity index (χ4v) is 1.90. The molecule has 0 saturated heterocycles. The Morgan fingerprint density at radius 3 is 2.33 bits per heavy atom. The number of halogens is 3. The number of rotatable bonds is 2. The van der Waals surface area contributed by atoms with Crippen molar-refractivity contribution in [3.05, 3.63) is 11.8 Å². The number of hydrogen-bond donors (Lipinski definition) is 2. The van der Waals surface area contributed by atoms with Gasteiger partial charge in [-0.1, -0.05) is 0 Å². The predicted molar refractivity (Wildman–Crippen MR) is 51.1 cm³/mol. The number of nitrogens with zero attached hydrogens (tertiary/aromatic N) is 1. The van der Waals surface area contributed by atoms with Crippen molar-refractivity contribution in [2.45, 2.75) is 11.3 Å². The van der Waals surface area contributed by atoms with Crippen LogP contribution in [0.2, 0.25) is 0 Å². The first-order valence-corrected chi connectivity index (χ1v) is 5.83. The second-order valence-corrected chi connectivity index (χ2v) is 5.12. The molecule has 1 aromatic rings. The van der Waals surface area contributed by atoms with E-state index >= 15 is 0 Å². The average molecular weight is 258 g/mol. The Balaban J connectivity index is 3.52. The van der Waals surface area contributed by atoms with Gasteiger partial charge in [0.2, 0.25) is 0 Å². The summed E-state index contributed by atoms with van der Waals surface area (Å²) in [4.78, 5) is 2.57. The van der Waals surface area contributed by atoms with Crippen LogP contribution in [0, 0.1) is 0 Å². The molecule has 0 saturated carbocycles. The van der Waals surface area contributed by atoms with Gasteiger partial charge < -0.3 is 11.5 Å². The van der Waals surface area contributed by atoms with Gasteiger partial charge in [0.05, 0.1) is 5.69 Å². The van der Waals surface area contributed by atoms with Gasteiger partial charge in [0.1, 0.15) is 16.4 Å². The number of aromatic nitrogens is 1. The maximum atomic E-state index is 12.3. The molecular weight excluding hydrogens is 252 g/mol. The molecule has 0 spiro atoms. The van der Waals surface area contributed by atoms with Gasteiger partial charge >= 0.3 is 0 Å². The summed E-state index contributed by atoms with van der Waals surface area (Å²) < 4.78 is 46.4. The molecule has 0 radical (unpaired) electrons. The van der Waals surface area contributed by atoms with E-state index in [0.29, 0.717) is 6.07 Å². The molecule has 4 N–H and O–H groups in total. The summed E-state index contributed by atoms with van der Waals surface area (Å²) in [6.45, 7) is 0. The van der Waals surface area contributed by atoms with Crippen LogP contribution in [0.4, 0.5) is 20.3 Å². The topological polar surface area (TPSA) is 99.1 Å². The molecule has 0 bridgehead atoms. The van der Waals surface area contributed by atoms with Crippen LogP contribution in [0.1, 0.15) is 12.1 Å². The molecule has 0 amide bonds. The van der Waals surface area contributed by atoms with Gasteiger partial charge in [0.25, 0.3) is 15.5 Å². The predicted octanol–water partition coefficient (Wildman–Crippen LogP) is 1.11. The van der Waals surface area contributed by atoms with Gasteiger partial charge in [-0.15, -0.1) is 0 Å². The third-order valence-electron chi connectivity index (χ3n) is 1.56. The van der Waals surface area contributed by atoms with Gasteiger partial charge in [-0.3, -0.25) is 0 Å². The van der Waals surface area contributed by atoms with Crippen LogP contribution in [0.25, 0.3) is 0 Å². The second-order valence-electron chi connectivity index (χ2n) is 2.58. The van der Waals surface area contributed by atoms with Crippen molar-refractivity contribution in [1.82, 2.24) is 4.98 Å². The van der Waals surface area contributed by atoms with E-state index in [4.69, 9.17) is 22.1 Å². The van der Waals surface area contributed by atoms with Crippen LogP contribution in [0.3, 0.4) is 0 Å². The zero-order valence-corrected chi connectivity index (χ0v) is 8.69. The van der Waals surface area contributed by atoms with Crippen molar-refractivity contribution in [2.24, 2.45) is 0 Å². The molecule has 0 atom stereocenters. The van der Waals surface area contributed by atoms with Gasteiger partial charge in [-0.2, -0.15) is 0 Å². The maximum Gasteiger partial charge on any atom is 0.280 e. The van der Waals surface area contributed by atoms with Crippen LogP contribution >= 0.6 is 10.7 Å². The first-order chi connectivity index (χ1) is 6.73. The lowest BCUT2D eigenvalue weighted by Gasteiger charge is -2.07. The van der Waals surface area contributed by atoms with E-state index in [9.17, 15) is 17.2 Å². The first-order valence-electron chi connectivity index (χ1n) is 3.52. The molecule has 0 aliphatic carbocycles. The summed E-state index contributed by atoms with van der Waals surface area (Å²) in [5, 5.41) is 0. The van der Waals surface area contributed by atoms with E-state index in [1.54, 1.807) is 0 Å². The highest BCUT2D eigenvalue weighted by molar-refractivity contribution is 8.13. The lowest BCUT2D eigenvalue weighted by atomic mass is 10.3. The van der Waals surface area contributed by atoms with Gasteiger partial charge in [-0.05, 0) is 6.07 Å². The molecule has 9 heteroatoms. The SMILES string of the molecule is Nc1nc(C(F)F)cc(S(=O)(=O)Cl)c1N. The number of hydrogen-bond acceptors (Lipinski definition) is 5. The monoisotopic (exact) mass is 257 g/mol. The Morgan fingerprint density at radius 1 is 1.40 bits per heavy atom. The second kappa shape index (κ2) is 3.78. The molecule has 84 valence electrons. The van der Waals surface area contributed by atoms with Crippen LogP contribution in [0.5, 0.6) is 0 Å². The Kier molecular flexibility index (Phi) is 3.00. The summed E-state index contributed by atoms with van der Waals surface area (Å²) in [5.41, 5.74) is 9.18. The third kappa shape index (κ3) is 2.45. The summed E-state index contributed by atoms with van der Waals surface area (Å²) in [7, 11) is 0.758. The van der Waals surface area contributed by atoms with Crippen molar-refractivity contribution in [1.29, 1.82) is 0 Å². The molecular formula is C6H6ClF2N3O2S. The fourth-order valence-electron chi connectivity index (χ4n) is 0.883. The van der Waals surface area contributed by atoms with E-state index in [0.717, 1.165) is 0 Å². The highest BCUT2D eigenvalue weighted by Crippen LogP contribution is 2.30. The average Bonchev–Trinajstić information content (AvgIpc) is 2.06. The van der Waals surface area contributed by atoms with E-state index in [2.05, 4.69) is 4.98 Å². The highest BCUT2D eigenvalue weighted by atomic mass is 35.7. The maximum absolute atomic E-state index is 12.3. The number of anilines is 2. The highest BCUT2D eigenvalue weighted by Gasteiger charge is 2.21. The Bertz CT molecular complexity index is 491. The third-order valence-corrected chi connectivity index (χ3v) is 2.92. The van der Waals surface area contributed by atoms with Crippen LogP contribution in [-0.2, 0) is 9.05 Å². The smallest absolute Gasteiger partial charge is 0.280 e. The summed E-state index contributed by atoms with van der Waals surface area (Å²) in [6, 6.07) is 0.596. The van der Waals surface area contributed by atoms with E-state index in [1.165, 1.54) is 0 Å². The van der Waals surface area contributed by atoms with Crippen LogP contribution in [0.15, 0.2) is 11.0 Å². The summed E-state index contributed by atoms with van der Waals surface area (Å²) in [5.74, 6) is -0.493. The van der Waals surface area contributed by atoms with E-state index < -0.39 is 37.6 Å². The molecule has 0 aromatic carbocycles. The number of pyridine rings is 1. The van der Waals surface area contributed by atoms with Crippen molar-refractivity contribution in [3.8, 4) is 0 Å². The quantitative estimate of drug-likeness (QED) is 0.773. The number of nitrogens with two attached hydrogens (primary N) is 2. The molecule has 1 rings (SSSR count). The van der Waals surface area contributed by atoms with Gasteiger partial charge in [0, 0.05) is 10.7 Å². The zero-order valence-electron chi connectivity index (χ0n) is 7.12. The molecule has 5 nitrogen and oxygen atoms in total. The first kappa shape index (κ1) is 11.9. The van der Waals surface area contributed by atoms with Crippen molar-refractivity contribution < 1.29 is 17.2 Å². The lowest BCUT2D eigenvalue weighted by Crippen LogP contribution is -2.07. The van der Waals surface area contributed by atoms with Gasteiger partial charge in [0.15, 0.2) is 0 Å². The standard InChI is InChI=1S/C6H6ClF2N3O2S/c7-15(13,14)3-1-2(5(8)9)12-6(11)4(3)10/h1,5H,10H2,(H2,11,12). The number of nitrogen functional groups attached to an aromatic ring is 2. The Morgan fingerprint density at radius 2 is 1.93 bits per heavy atom. The van der Waals surface area contributed by atoms with Crippen LogP contribution in [-0.4, -0.2) is 13.4 Å². The summed E-state index contributed by atoms with van der Waals surface area (Å²) >= 11 is 0. The molecule has 15 heavy (non-hydrogen) atoms. The van der Waals surface area contributed by atoms with Gasteiger partial charge in [-0.25, -0.2) is 22.2 Å². The van der Waals surface area contributed by atoms with Crippen molar-refractivity contribution in [2.75, 3.05) is 11.5 Å². The Hall–Kier alpha value is -1.15. The molecule has 0 aliphatic heterocycles. The van der Waals surface area contributed by atoms with Crippen molar-refractivity contribution in [3.63, 3.8) is 0 Å². The molecule has 0 aliphatic rings. The van der Waals surface area contributed by atoms with Crippen molar-refractivity contribution >= 4 is 31.2 Å². The minimum absolute atomic E-state index is 0.436. The molecule has 0 fully saturated rings. The normalized spacial score (nSPS) is 12.0.